The second kappa shape index (κ2) is 11.0. The van der Waals surface area contributed by atoms with Crippen LogP contribution < -0.4 is 21.2 Å². The van der Waals surface area contributed by atoms with Crippen molar-refractivity contribution in [2.45, 2.75) is 23.1 Å². The fourth-order valence-electron chi connectivity index (χ4n) is 4.07. The first-order valence-electron chi connectivity index (χ1n) is 10.8. The summed E-state index contributed by atoms with van der Waals surface area (Å²) in [5, 5.41) is 5.02. The van der Waals surface area contributed by atoms with E-state index in [1.165, 1.54) is 21.2 Å². The van der Waals surface area contributed by atoms with Gasteiger partial charge in [0.2, 0.25) is 0 Å². The van der Waals surface area contributed by atoms with Gasteiger partial charge in [-0.05, 0) is 43.5 Å². The molecular formula is C28H26Cl2P2. The van der Waals surface area contributed by atoms with E-state index in [1.54, 1.807) is 0 Å². The summed E-state index contributed by atoms with van der Waals surface area (Å²) in [6, 6.07) is 42.5. The van der Waals surface area contributed by atoms with Crippen molar-refractivity contribution in [3.05, 3.63) is 121 Å². The Balaban J connectivity index is 1.87. The summed E-state index contributed by atoms with van der Waals surface area (Å²) in [4.78, 5) is 0. The Labute approximate surface area is 204 Å². The monoisotopic (exact) mass is 494 g/mol. The molecule has 32 heavy (non-hydrogen) atoms. The van der Waals surface area contributed by atoms with Gasteiger partial charge >= 0.3 is 0 Å². The van der Waals surface area contributed by atoms with Gasteiger partial charge in [-0.1, -0.05) is 151 Å². The second-order valence-corrected chi connectivity index (χ2v) is 14.3. The minimum Gasteiger partial charge on any atom is -0.0951 e. The lowest BCUT2D eigenvalue weighted by Gasteiger charge is -2.41. The highest BCUT2D eigenvalue weighted by Gasteiger charge is 2.47. The molecule has 0 saturated carbocycles. The number of rotatable bonds is 8. The Kier molecular flexibility index (Phi) is 8.04. The number of hydrogen-bond acceptors (Lipinski definition) is 0. The van der Waals surface area contributed by atoms with Crippen LogP contribution in [0.15, 0.2) is 121 Å². The van der Waals surface area contributed by atoms with Crippen LogP contribution in [0.3, 0.4) is 0 Å². The fourth-order valence-corrected chi connectivity index (χ4v) is 11.9. The van der Waals surface area contributed by atoms with E-state index >= 15 is 0 Å². The maximum atomic E-state index is 7.54. The third-order valence-corrected chi connectivity index (χ3v) is 13.2. The van der Waals surface area contributed by atoms with Gasteiger partial charge in [-0.25, -0.2) is 0 Å². The van der Waals surface area contributed by atoms with Gasteiger partial charge in [0.25, 0.3) is 0 Å². The van der Waals surface area contributed by atoms with Crippen LogP contribution >= 0.6 is 39.0 Å². The van der Waals surface area contributed by atoms with Crippen LogP contribution in [0, 0.1) is 0 Å². The Morgan fingerprint density at radius 2 is 0.875 bits per heavy atom. The van der Waals surface area contributed by atoms with Crippen molar-refractivity contribution in [3.63, 3.8) is 0 Å². The van der Waals surface area contributed by atoms with E-state index in [2.05, 4.69) is 116 Å². The van der Waals surface area contributed by atoms with Crippen LogP contribution in [0.2, 0.25) is 0 Å². The van der Waals surface area contributed by atoms with Crippen LogP contribution in [-0.4, -0.2) is 9.73 Å². The maximum absolute atomic E-state index is 7.54. The van der Waals surface area contributed by atoms with Gasteiger partial charge in [0.05, 0.1) is 0 Å². The topological polar surface area (TPSA) is 0 Å². The van der Waals surface area contributed by atoms with E-state index in [1.807, 2.05) is 12.1 Å². The van der Waals surface area contributed by atoms with E-state index in [0.29, 0.717) is 0 Å². The van der Waals surface area contributed by atoms with Crippen molar-refractivity contribution in [2.24, 2.45) is 0 Å². The lowest BCUT2D eigenvalue weighted by molar-refractivity contribution is 0.839. The van der Waals surface area contributed by atoms with Crippen molar-refractivity contribution in [2.75, 3.05) is 0 Å². The highest BCUT2D eigenvalue weighted by atomic mass is 35.5. The molecule has 0 saturated heterocycles. The molecule has 0 spiro atoms. The lowest BCUT2D eigenvalue weighted by Crippen LogP contribution is -2.38. The Bertz CT molecular complexity index is 1010. The van der Waals surface area contributed by atoms with Crippen molar-refractivity contribution in [1.29, 1.82) is 0 Å². The van der Waals surface area contributed by atoms with E-state index in [0.717, 1.165) is 6.42 Å². The average Bonchev–Trinajstić information content (AvgIpc) is 2.84. The van der Waals surface area contributed by atoms with Crippen molar-refractivity contribution in [3.8, 4) is 0 Å². The van der Waals surface area contributed by atoms with Gasteiger partial charge in [0.1, 0.15) is 0 Å². The predicted octanol–water partition coefficient (Wildman–Crippen LogP) is 7.16. The number of hydrogen-bond donors (Lipinski definition) is 0. The van der Waals surface area contributed by atoms with Crippen molar-refractivity contribution in [1.82, 2.24) is 0 Å². The lowest BCUT2D eigenvalue weighted by atomic mass is 10.3. The van der Waals surface area contributed by atoms with Crippen molar-refractivity contribution < 1.29 is 0 Å². The summed E-state index contributed by atoms with van der Waals surface area (Å²) >= 11 is 15.1. The molecule has 0 aliphatic carbocycles. The summed E-state index contributed by atoms with van der Waals surface area (Å²) in [5.74, 6) is 0. The van der Waals surface area contributed by atoms with Crippen LogP contribution in [0.25, 0.3) is 0 Å². The van der Waals surface area contributed by atoms with Gasteiger partial charge < -0.3 is 0 Å². The first-order valence-corrected chi connectivity index (χ1v) is 14.3. The van der Waals surface area contributed by atoms with Crippen LogP contribution in [0.1, 0.15) is 13.3 Å². The Morgan fingerprint density at radius 3 is 1.19 bits per heavy atom. The summed E-state index contributed by atoms with van der Waals surface area (Å²) in [7, 11) is -1.77. The van der Waals surface area contributed by atoms with Crippen LogP contribution in [0.5, 0.6) is 0 Å². The minimum absolute atomic E-state index is 0.0807. The second-order valence-electron chi connectivity index (χ2n) is 7.56. The zero-order chi connectivity index (χ0) is 22.4. The molecule has 0 amide bonds. The molecule has 0 heterocycles. The third kappa shape index (κ3) is 5.11. The quantitative estimate of drug-likeness (QED) is 0.180. The third-order valence-electron chi connectivity index (χ3n) is 5.49. The molecule has 4 aromatic rings. The molecule has 0 aliphatic rings. The molecule has 4 aromatic carbocycles. The first-order chi connectivity index (χ1) is 15.6. The highest BCUT2D eigenvalue weighted by Crippen LogP contribution is 2.63. The number of benzene rings is 4. The Morgan fingerprint density at radius 1 is 0.562 bits per heavy atom. The molecule has 0 N–H and O–H groups in total. The molecule has 1 unspecified atom stereocenters. The average molecular weight is 495 g/mol. The maximum Gasteiger partial charge on any atom is 0.152 e. The smallest absolute Gasteiger partial charge is 0.0951 e. The van der Waals surface area contributed by atoms with E-state index in [9.17, 15) is 0 Å². The largest absolute Gasteiger partial charge is 0.152 e. The standard InChI is InChI=1S/C28H26Cl2P2/c1-2-27(31(23-15-7-3-8-16-23)24-17-9-4-10-18-24)28(29,30)32(25-19-11-5-12-20-25)26-21-13-6-14-22-26/h3-22,27H,2H2,1H3. The van der Waals surface area contributed by atoms with E-state index in [-0.39, 0.29) is 5.66 Å². The Hall–Kier alpha value is -1.68. The molecule has 1 atom stereocenters. The molecule has 162 valence electrons. The molecule has 4 heteroatoms. The van der Waals surface area contributed by atoms with Gasteiger partial charge in [-0.3, -0.25) is 0 Å². The fraction of sp³-hybridized carbons (Fsp3) is 0.143. The molecule has 4 rings (SSSR count). The summed E-state index contributed by atoms with van der Waals surface area (Å²) in [6.07, 6.45) is 0.890. The van der Waals surface area contributed by atoms with Gasteiger partial charge in [0, 0.05) is 5.66 Å². The normalized spacial score (nSPS) is 12.8. The van der Waals surface area contributed by atoms with Gasteiger partial charge in [0.15, 0.2) is 4.07 Å². The van der Waals surface area contributed by atoms with E-state index in [4.69, 9.17) is 23.2 Å². The molecule has 0 radical (unpaired) electrons. The van der Waals surface area contributed by atoms with Gasteiger partial charge in [-0.15, -0.1) is 0 Å². The molecule has 0 aromatic heterocycles. The molecule has 0 bridgehead atoms. The molecule has 0 aliphatic heterocycles. The number of halogens is 2. The minimum atomic E-state index is -1.01. The zero-order valence-electron chi connectivity index (χ0n) is 18.0. The van der Waals surface area contributed by atoms with Gasteiger partial charge in [-0.2, -0.15) is 0 Å². The number of alkyl halides is 2. The summed E-state index contributed by atoms with van der Waals surface area (Å²) in [5.41, 5.74) is 0.0807. The molecule has 0 nitrogen and oxygen atoms in total. The molecular weight excluding hydrogens is 469 g/mol. The highest BCUT2D eigenvalue weighted by molar-refractivity contribution is 7.80. The summed E-state index contributed by atoms with van der Waals surface area (Å²) in [6.45, 7) is 2.22. The zero-order valence-corrected chi connectivity index (χ0v) is 21.3. The van der Waals surface area contributed by atoms with Crippen LogP contribution in [0.4, 0.5) is 0 Å². The van der Waals surface area contributed by atoms with E-state index < -0.39 is 19.9 Å². The molecule has 0 fully saturated rings. The summed E-state index contributed by atoms with van der Waals surface area (Å²) < 4.78 is -0.940. The first kappa shape index (κ1) is 23.5. The van der Waals surface area contributed by atoms with Crippen molar-refractivity contribution >= 4 is 60.3 Å². The predicted molar refractivity (Wildman–Crippen MR) is 147 cm³/mol. The SMILES string of the molecule is CCC(P(c1ccccc1)c1ccccc1)C(Cl)(Cl)P(c1ccccc1)c1ccccc1. The van der Waals surface area contributed by atoms with Crippen LogP contribution in [-0.2, 0) is 0 Å².